The lowest BCUT2D eigenvalue weighted by Gasteiger charge is -2.23. The van der Waals surface area contributed by atoms with Crippen molar-refractivity contribution in [2.24, 2.45) is 0 Å². The molecule has 0 aliphatic rings. The second kappa shape index (κ2) is 6.87. The first-order valence-electron chi connectivity index (χ1n) is 7.05. The molecule has 1 aromatic heterocycles. The fraction of sp³-hybridized carbons (Fsp3) is 0.353. The van der Waals surface area contributed by atoms with Crippen LogP contribution in [0.1, 0.15) is 31.7 Å². The van der Waals surface area contributed by atoms with E-state index >= 15 is 0 Å². The number of nitrogens with one attached hydrogen (secondary N) is 1. The number of hydrogen-bond donors (Lipinski definition) is 1. The smallest absolute Gasteiger partial charge is 0.252 e. The van der Waals surface area contributed by atoms with Gasteiger partial charge in [-0.25, -0.2) is 0 Å². The molecule has 1 amide bonds. The third-order valence-electron chi connectivity index (χ3n) is 3.34. The molecule has 1 heterocycles. The molecule has 0 saturated heterocycles. The molecule has 0 radical (unpaired) electrons. The van der Waals surface area contributed by atoms with Gasteiger partial charge in [0.2, 0.25) is 0 Å². The number of nitrogens with zero attached hydrogens (tertiary/aromatic N) is 1. The minimum Gasteiger partial charge on any atom is -0.344 e. The molecule has 1 N–H and O–H groups in total. The number of rotatable bonds is 5. The number of hydrogen-bond acceptors (Lipinski definition) is 3. The first-order valence-corrected chi connectivity index (χ1v) is 7.86. The van der Waals surface area contributed by atoms with Gasteiger partial charge < -0.3 is 10.2 Å². The van der Waals surface area contributed by atoms with Crippen LogP contribution in [0.4, 0.5) is 0 Å². The van der Waals surface area contributed by atoms with Crippen molar-refractivity contribution in [3.8, 4) is 0 Å². The number of likely N-dealkylation sites (N-methyl/N-ethyl adjacent to an activating group) is 1. The Morgan fingerprint density at radius 3 is 2.43 bits per heavy atom. The molecule has 1 aromatic carbocycles. The van der Waals surface area contributed by atoms with Gasteiger partial charge in [0.05, 0.1) is 11.6 Å². The second-order valence-electron chi connectivity index (χ2n) is 5.53. The molecule has 112 valence electrons. The predicted octanol–water partition coefficient (Wildman–Crippen LogP) is 3.40. The summed E-state index contributed by atoms with van der Waals surface area (Å²) in [6, 6.07) is 12.1. The van der Waals surface area contributed by atoms with Gasteiger partial charge in [0, 0.05) is 16.3 Å². The standard InChI is InChI=1S/C17H22N2OS/c1-12-10-15(13(2)21-12)17(20)18-16(11-19(3)4)14-8-6-5-7-9-14/h5-10,16H,11H2,1-4H3,(H,18,20). The van der Waals surface area contributed by atoms with Crippen LogP contribution >= 0.6 is 11.3 Å². The Hall–Kier alpha value is -1.65. The van der Waals surface area contributed by atoms with E-state index in [2.05, 4.69) is 22.3 Å². The average Bonchev–Trinajstić information content (AvgIpc) is 2.77. The molecule has 0 aliphatic carbocycles. The number of carbonyl (C=O) groups is 1. The van der Waals surface area contributed by atoms with Gasteiger partial charge in [-0.3, -0.25) is 4.79 Å². The Morgan fingerprint density at radius 1 is 1.24 bits per heavy atom. The van der Waals surface area contributed by atoms with Gasteiger partial charge in [0.15, 0.2) is 0 Å². The molecule has 2 rings (SSSR count). The topological polar surface area (TPSA) is 32.3 Å². The lowest BCUT2D eigenvalue weighted by Crippen LogP contribution is -2.35. The van der Waals surface area contributed by atoms with Crippen molar-refractivity contribution in [3.05, 3.63) is 57.3 Å². The molecule has 1 atom stereocenters. The Morgan fingerprint density at radius 2 is 1.90 bits per heavy atom. The Kier molecular flexibility index (Phi) is 5.15. The predicted molar refractivity (Wildman–Crippen MR) is 89.0 cm³/mol. The SMILES string of the molecule is Cc1cc(C(=O)NC(CN(C)C)c2ccccc2)c(C)s1. The summed E-state index contributed by atoms with van der Waals surface area (Å²) in [5.74, 6) is 0.00699. The molecule has 0 fully saturated rings. The summed E-state index contributed by atoms with van der Waals surface area (Å²) in [6.45, 7) is 4.80. The van der Waals surface area contributed by atoms with Crippen LogP contribution in [0.2, 0.25) is 0 Å². The maximum Gasteiger partial charge on any atom is 0.252 e. The van der Waals surface area contributed by atoms with Crippen LogP contribution in [0.5, 0.6) is 0 Å². The maximum atomic E-state index is 12.5. The van der Waals surface area contributed by atoms with Crippen LogP contribution in [0.3, 0.4) is 0 Å². The average molecular weight is 302 g/mol. The molecule has 0 bridgehead atoms. The third kappa shape index (κ3) is 4.16. The van der Waals surface area contributed by atoms with Gasteiger partial charge >= 0.3 is 0 Å². The summed E-state index contributed by atoms with van der Waals surface area (Å²) in [4.78, 5) is 16.8. The van der Waals surface area contributed by atoms with Crippen molar-refractivity contribution in [2.75, 3.05) is 20.6 Å². The van der Waals surface area contributed by atoms with E-state index < -0.39 is 0 Å². The largest absolute Gasteiger partial charge is 0.344 e. The van der Waals surface area contributed by atoms with E-state index in [9.17, 15) is 4.79 Å². The summed E-state index contributed by atoms with van der Waals surface area (Å²) in [6.07, 6.45) is 0. The number of carbonyl (C=O) groups excluding carboxylic acids is 1. The second-order valence-corrected chi connectivity index (χ2v) is 6.99. The molecular weight excluding hydrogens is 280 g/mol. The highest BCUT2D eigenvalue weighted by molar-refractivity contribution is 7.12. The Labute approximate surface area is 130 Å². The number of thiophene rings is 1. The monoisotopic (exact) mass is 302 g/mol. The van der Waals surface area contributed by atoms with Crippen LogP contribution < -0.4 is 5.32 Å². The van der Waals surface area contributed by atoms with E-state index in [-0.39, 0.29) is 11.9 Å². The van der Waals surface area contributed by atoms with E-state index in [0.29, 0.717) is 0 Å². The molecule has 0 saturated carbocycles. The van der Waals surface area contributed by atoms with Gasteiger partial charge in [-0.1, -0.05) is 30.3 Å². The first kappa shape index (κ1) is 15.7. The van der Waals surface area contributed by atoms with Crippen molar-refractivity contribution in [1.29, 1.82) is 0 Å². The highest BCUT2D eigenvalue weighted by Gasteiger charge is 2.18. The fourth-order valence-corrected chi connectivity index (χ4v) is 3.30. The van der Waals surface area contributed by atoms with Crippen molar-refractivity contribution in [3.63, 3.8) is 0 Å². The molecule has 0 spiro atoms. The summed E-state index contributed by atoms with van der Waals surface area (Å²) in [7, 11) is 4.03. The van der Waals surface area contributed by atoms with Gasteiger partial charge in [-0.2, -0.15) is 0 Å². The number of amides is 1. The lowest BCUT2D eigenvalue weighted by molar-refractivity contribution is 0.0930. The molecule has 2 aromatic rings. The highest BCUT2D eigenvalue weighted by Crippen LogP contribution is 2.22. The molecular formula is C17H22N2OS. The van der Waals surface area contributed by atoms with Crippen molar-refractivity contribution in [1.82, 2.24) is 10.2 Å². The van der Waals surface area contributed by atoms with Crippen LogP contribution in [0, 0.1) is 13.8 Å². The molecule has 1 unspecified atom stereocenters. The van der Waals surface area contributed by atoms with Crippen LogP contribution in [-0.4, -0.2) is 31.4 Å². The summed E-state index contributed by atoms with van der Waals surface area (Å²) in [5.41, 5.74) is 1.92. The minimum absolute atomic E-state index is 0.00620. The number of benzene rings is 1. The van der Waals surface area contributed by atoms with Gasteiger partial charge in [-0.05, 0) is 39.6 Å². The van der Waals surface area contributed by atoms with E-state index in [1.54, 1.807) is 11.3 Å². The molecule has 0 aliphatic heterocycles. The molecule has 21 heavy (non-hydrogen) atoms. The van der Waals surface area contributed by atoms with Gasteiger partial charge in [0.25, 0.3) is 5.91 Å². The summed E-state index contributed by atoms with van der Waals surface area (Å²) >= 11 is 1.66. The fourth-order valence-electron chi connectivity index (χ4n) is 2.38. The lowest BCUT2D eigenvalue weighted by atomic mass is 10.1. The zero-order valence-electron chi connectivity index (χ0n) is 13.0. The quantitative estimate of drug-likeness (QED) is 0.918. The zero-order chi connectivity index (χ0) is 15.4. The summed E-state index contributed by atoms with van der Waals surface area (Å²) in [5, 5.41) is 3.16. The van der Waals surface area contributed by atoms with Gasteiger partial charge in [-0.15, -0.1) is 11.3 Å². The maximum absolute atomic E-state index is 12.5. The van der Waals surface area contributed by atoms with E-state index in [1.807, 2.05) is 52.2 Å². The van der Waals surface area contributed by atoms with Crippen molar-refractivity contribution in [2.45, 2.75) is 19.9 Å². The van der Waals surface area contributed by atoms with Gasteiger partial charge in [0.1, 0.15) is 0 Å². The van der Waals surface area contributed by atoms with Crippen molar-refractivity contribution >= 4 is 17.2 Å². The van der Waals surface area contributed by atoms with Crippen molar-refractivity contribution < 1.29 is 4.79 Å². The molecule has 4 heteroatoms. The van der Waals surface area contributed by atoms with E-state index in [4.69, 9.17) is 0 Å². The van der Waals surface area contributed by atoms with Crippen LogP contribution in [-0.2, 0) is 0 Å². The molecule has 3 nitrogen and oxygen atoms in total. The normalized spacial score (nSPS) is 12.4. The Balaban J connectivity index is 2.19. The highest BCUT2D eigenvalue weighted by atomic mass is 32.1. The number of aryl methyl sites for hydroxylation is 2. The zero-order valence-corrected chi connectivity index (χ0v) is 13.8. The summed E-state index contributed by atoms with van der Waals surface area (Å²) < 4.78 is 0. The van der Waals surface area contributed by atoms with E-state index in [1.165, 1.54) is 4.88 Å². The Bertz CT molecular complexity index is 605. The van der Waals surface area contributed by atoms with E-state index in [0.717, 1.165) is 22.5 Å². The minimum atomic E-state index is -0.00620. The van der Waals surface area contributed by atoms with Crippen LogP contribution in [0.15, 0.2) is 36.4 Å². The first-order chi connectivity index (χ1) is 9.97. The van der Waals surface area contributed by atoms with Crippen LogP contribution in [0.25, 0.3) is 0 Å². The third-order valence-corrected chi connectivity index (χ3v) is 4.31.